The van der Waals surface area contributed by atoms with Crippen LogP contribution in [0.25, 0.3) is 0 Å². The number of likely N-dealkylation sites (N-methyl/N-ethyl adjacent to an activating group) is 1. The lowest BCUT2D eigenvalue weighted by atomic mass is 10.1. The molecule has 1 atom stereocenters. The van der Waals surface area contributed by atoms with Crippen molar-refractivity contribution in [2.45, 2.75) is 18.9 Å². The average Bonchev–Trinajstić information content (AvgIpc) is 2.91. The van der Waals surface area contributed by atoms with E-state index >= 15 is 0 Å². The lowest BCUT2D eigenvalue weighted by Gasteiger charge is -2.21. The lowest BCUT2D eigenvalue weighted by molar-refractivity contribution is 0.0584. The number of nitrogens with zero attached hydrogens (tertiary/aromatic N) is 1. The van der Waals surface area contributed by atoms with Gasteiger partial charge in [-0.1, -0.05) is 6.07 Å². The molecule has 5 heteroatoms. The first kappa shape index (κ1) is 13.7. The van der Waals surface area contributed by atoms with Crippen LogP contribution in [0.5, 0.6) is 11.5 Å². The van der Waals surface area contributed by atoms with E-state index in [0.29, 0.717) is 12.3 Å². The summed E-state index contributed by atoms with van der Waals surface area (Å²) in [7, 11) is 3.17. The van der Waals surface area contributed by atoms with Crippen molar-refractivity contribution in [3.05, 3.63) is 23.8 Å². The number of carbonyl (C=O) groups is 1. The van der Waals surface area contributed by atoms with Crippen LogP contribution < -0.4 is 4.74 Å². The molecule has 0 saturated carbocycles. The van der Waals surface area contributed by atoms with E-state index in [2.05, 4.69) is 0 Å². The molecule has 1 N–H and O–H groups in total. The zero-order valence-corrected chi connectivity index (χ0v) is 11.3. The van der Waals surface area contributed by atoms with E-state index in [4.69, 9.17) is 9.47 Å². The Hall–Kier alpha value is -1.75. The summed E-state index contributed by atoms with van der Waals surface area (Å²) in [5.41, 5.74) is 0.250. The number of para-hydroxylation sites is 1. The molecular weight excluding hydrogens is 246 g/mol. The highest BCUT2D eigenvalue weighted by atomic mass is 16.5. The topological polar surface area (TPSA) is 59.0 Å². The number of benzene rings is 1. The molecule has 1 aliphatic rings. The second kappa shape index (κ2) is 5.93. The molecule has 1 aromatic rings. The molecule has 0 bridgehead atoms. The lowest BCUT2D eigenvalue weighted by Crippen LogP contribution is -2.34. The summed E-state index contributed by atoms with van der Waals surface area (Å²) in [6.45, 7) is 1.30. The fourth-order valence-corrected chi connectivity index (χ4v) is 2.24. The molecule has 19 heavy (non-hydrogen) atoms. The van der Waals surface area contributed by atoms with Crippen LogP contribution in [0.1, 0.15) is 23.2 Å². The minimum atomic E-state index is -0.230. The molecular formula is C14H19NO4. The highest BCUT2D eigenvalue weighted by Crippen LogP contribution is 2.30. The van der Waals surface area contributed by atoms with Crippen molar-refractivity contribution in [2.24, 2.45) is 0 Å². The average molecular weight is 265 g/mol. The van der Waals surface area contributed by atoms with Gasteiger partial charge in [-0.05, 0) is 25.0 Å². The maximum absolute atomic E-state index is 12.3. The van der Waals surface area contributed by atoms with Gasteiger partial charge in [0.05, 0.1) is 18.8 Å². The highest BCUT2D eigenvalue weighted by molar-refractivity contribution is 5.97. The number of rotatable bonds is 4. The smallest absolute Gasteiger partial charge is 0.257 e. The standard InChI is InChI=1S/C14H19NO4/c1-15(9-10-5-4-8-19-10)14(17)11-6-3-7-12(18-2)13(11)16/h3,6-7,10,16H,4-5,8-9H2,1-2H3. The molecule has 0 radical (unpaired) electrons. The predicted octanol–water partition coefficient (Wildman–Crippen LogP) is 1.65. The molecule has 1 aromatic carbocycles. The predicted molar refractivity (Wildman–Crippen MR) is 70.6 cm³/mol. The Labute approximate surface area is 112 Å². The highest BCUT2D eigenvalue weighted by Gasteiger charge is 2.23. The summed E-state index contributed by atoms with van der Waals surface area (Å²) < 4.78 is 10.5. The molecule has 0 spiro atoms. The van der Waals surface area contributed by atoms with Gasteiger partial charge in [-0.2, -0.15) is 0 Å². The summed E-state index contributed by atoms with van der Waals surface area (Å²) in [5.74, 6) is -0.0440. The molecule has 0 aliphatic carbocycles. The monoisotopic (exact) mass is 265 g/mol. The Balaban J connectivity index is 2.09. The van der Waals surface area contributed by atoms with Crippen LogP contribution in [0.4, 0.5) is 0 Å². The SMILES string of the molecule is COc1cccc(C(=O)N(C)CC2CCCO2)c1O. The molecule has 1 heterocycles. The van der Waals surface area contributed by atoms with Gasteiger partial charge in [-0.15, -0.1) is 0 Å². The summed E-state index contributed by atoms with van der Waals surface area (Å²) in [6, 6.07) is 4.89. The van der Waals surface area contributed by atoms with Crippen LogP contribution >= 0.6 is 0 Å². The quantitative estimate of drug-likeness (QED) is 0.899. The number of hydrogen-bond acceptors (Lipinski definition) is 4. The first-order valence-corrected chi connectivity index (χ1v) is 6.36. The molecule has 1 unspecified atom stereocenters. The summed E-state index contributed by atoms with van der Waals surface area (Å²) in [6.07, 6.45) is 2.11. The number of amides is 1. The van der Waals surface area contributed by atoms with Crippen molar-refractivity contribution in [1.29, 1.82) is 0 Å². The number of carbonyl (C=O) groups excluding carboxylic acids is 1. The van der Waals surface area contributed by atoms with Gasteiger partial charge < -0.3 is 19.5 Å². The zero-order valence-electron chi connectivity index (χ0n) is 11.3. The molecule has 104 valence electrons. The van der Waals surface area contributed by atoms with Crippen LogP contribution in [-0.2, 0) is 4.74 Å². The van der Waals surface area contributed by atoms with Crippen LogP contribution in [0, 0.1) is 0 Å². The van der Waals surface area contributed by atoms with E-state index in [9.17, 15) is 9.90 Å². The van der Waals surface area contributed by atoms with Crippen LogP contribution in [0.3, 0.4) is 0 Å². The molecule has 1 fully saturated rings. The van der Waals surface area contributed by atoms with Crippen molar-refractivity contribution >= 4 is 5.91 Å². The van der Waals surface area contributed by atoms with E-state index in [1.54, 1.807) is 30.1 Å². The second-order valence-corrected chi connectivity index (χ2v) is 4.68. The van der Waals surface area contributed by atoms with Gasteiger partial charge in [0.25, 0.3) is 5.91 Å². The fourth-order valence-electron chi connectivity index (χ4n) is 2.24. The van der Waals surface area contributed by atoms with Crippen molar-refractivity contribution in [2.75, 3.05) is 27.3 Å². The van der Waals surface area contributed by atoms with E-state index in [1.807, 2.05) is 0 Å². The number of aromatic hydroxyl groups is 1. The minimum Gasteiger partial charge on any atom is -0.504 e. The summed E-state index contributed by atoms with van der Waals surface area (Å²) in [4.78, 5) is 13.9. The zero-order chi connectivity index (χ0) is 13.8. The third kappa shape index (κ3) is 2.98. The van der Waals surface area contributed by atoms with Gasteiger partial charge in [-0.3, -0.25) is 4.79 Å². The molecule has 1 amide bonds. The molecule has 1 aliphatic heterocycles. The van der Waals surface area contributed by atoms with Crippen molar-refractivity contribution in [3.63, 3.8) is 0 Å². The van der Waals surface area contributed by atoms with E-state index in [0.717, 1.165) is 19.4 Å². The van der Waals surface area contributed by atoms with Gasteiger partial charge in [0.2, 0.25) is 0 Å². The van der Waals surface area contributed by atoms with Crippen LogP contribution in [0.15, 0.2) is 18.2 Å². The Morgan fingerprint density at radius 1 is 1.58 bits per heavy atom. The van der Waals surface area contributed by atoms with Gasteiger partial charge in [0, 0.05) is 20.2 Å². The number of methoxy groups -OCH3 is 1. The van der Waals surface area contributed by atoms with Gasteiger partial charge >= 0.3 is 0 Å². The molecule has 5 nitrogen and oxygen atoms in total. The number of phenolic OH excluding ortho intramolecular Hbond substituents is 1. The van der Waals surface area contributed by atoms with Gasteiger partial charge in [0.1, 0.15) is 0 Å². The van der Waals surface area contributed by atoms with E-state index < -0.39 is 0 Å². The molecule has 2 rings (SSSR count). The van der Waals surface area contributed by atoms with Gasteiger partial charge in [0.15, 0.2) is 11.5 Å². The normalized spacial score (nSPS) is 18.3. The summed E-state index contributed by atoms with van der Waals surface area (Å²) in [5, 5.41) is 9.97. The Morgan fingerprint density at radius 3 is 3.00 bits per heavy atom. The van der Waals surface area contributed by atoms with Gasteiger partial charge in [-0.25, -0.2) is 0 Å². The minimum absolute atomic E-state index is 0.0988. The maximum atomic E-state index is 12.3. The van der Waals surface area contributed by atoms with Crippen molar-refractivity contribution in [1.82, 2.24) is 4.90 Å². The van der Waals surface area contributed by atoms with Crippen LogP contribution in [-0.4, -0.2) is 49.3 Å². The van der Waals surface area contributed by atoms with Crippen molar-refractivity contribution < 1.29 is 19.4 Å². The fraction of sp³-hybridized carbons (Fsp3) is 0.500. The Morgan fingerprint density at radius 2 is 2.37 bits per heavy atom. The largest absolute Gasteiger partial charge is 0.504 e. The third-order valence-corrected chi connectivity index (χ3v) is 3.30. The molecule has 0 aromatic heterocycles. The number of ether oxygens (including phenoxy) is 2. The Kier molecular flexibility index (Phi) is 4.27. The van der Waals surface area contributed by atoms with Crippen LogP contribution in [0.2, 0.25) is 0 Å². The van der Waals surface area contributed by atoms with Crippen molar-refractivity contribution in [3.8, 4) is 11.5 Å². The third-order valence-electron chi connectivity index (χ3n) is 3.30. The van der Waals surface area contributed by atoms with E-state index in [1.165, 1.54) is 7.11 Å². The first-order chi connectivity index (χ1) is 9.13. The second-order valence-electron chi connectivity index (χ2n) is 4.68. The summed E-state index contributed by atoms with van der Waals surface area (Å²) >= 11 is 0. The molecule has 1 saturated heterocycles. The number of hydrogen-bond donors (Lipinski definition) is 1. The first-order valence-electron chi connectivity index (χ1n) is 6.36. The maximum Gasteiger partial charge on any atom is 0.257 e. The van der Waals surface area contributed by atoms with E-state index in [-0.39, 0.29) is 23.3 Å². The Bertz CT molecular complexity index is 455. The number of phenols is 1.